The van der Waals surface area contributed by atoms with Crippen molar-refractivity contribution < 1.29 is 50.6 Å². The molecule has 0 radical (unpaired) electrons. The predicted octanol–water partition coefficient (Wildman–Crippen LogP) is 5.01. The molecule has 5 N–H and O–H groups in total. The number of halogens is 6. The lowest BCUT2D eigenvalue weighted by Gasteiger charge is -2.19. The molecule has 0 bridgehead atoms. The van der Waals surface area contributed by atoms with Crippen LogP contribution in [0.15, 0.2) is 66.7 Å². The lowest BCUT2D eigenvalue weighted by Crippen LogP contribution is -2.44. The Balaban J connectivity index is 1.21. The van der Waals surface area contributed by atoms with Crippen LogP contribution in [-0.4, -0.2) is 71.1 Å². The lowest BCUT2D eigenvalue weighted by atomic mass is 10.1. The van der Waals surface area contributed by atoms with Crippen LogP contribution in [0, 0.1) is 11.6 Å². The molecule has 14 nitrogen and oxygen atoms in total. The van der Waals surface area contributed by atoms with Gasteiger partial charge < -0.3 is 36.1 Å². The van der Waals surface area contributed by atoms with Crippen molar-refractivity contribution in [2.75, 3.05) is 36.2 Å². The number of carbonyl (C=O) groups excluding carboxylic acids is 4. The van der Waals surface area contributed by atoms with Gasteiger partial charge in [0.2, 0.25) is 11.9 Å². The van der Waals surface area contributed by atoms with Crippen molar-refractivity contribution in [2.24, 2.45) is 0 Å². The van der Waals surface area contributed by atoms with Gasteiger partial charge in [0.15, 0.2) is 6.61 Å². The zero-order valence-electron chi connectivity index (χ0n) is 28.0. The third-order valence-electron chi connectivity index (χ3n) is 7.72. The van der Waals surface area contributed by atoms with Crippen LogP contribution >= 0.6 is 11.6 Å². The van der Waals surface area contributed by atoms with Crippen LogP contribution in [-0.2, 0) is 24.7 Å². The summed E-state index contributed by atoms with van der Waals surface area (Å²) in [6, 6.07) is 13.0. The SMILES string of the molecule is COC(=O)[C@H](CCNC(=O)C(=O)Nc1cc(F)cc(F)c1)NC(=O)c1ccc(Nc2nc(NC3(c4ccc(Cl)cc4)CC3)nc(OCC(F)(F)F)n2)cc1. The molecule has 1 aliphatic carbocycles. The smallest absolute Gasteiger partial charge is 0.422 e. The first-order valence-electron chi connectivity index (χ1n) is 15.9. The number of hydrogen-bond acceptors (Lipinski definition) is 11. The Morgan fingerprint density at radius 1 is 0.870 bits per heavy atom. The molecule has 1 heterocycles. The topological polar surface area (TPSA) is 186 Å². The van der Waals surface area contributed by atoms with Gasteiger partial charge in [0.05, 0.1) is 12.6 Å². The minimum absolute atomic E-state index is 0.0548. The fraction of sp³-hybridized carbons (Fsp3) is 0.265. The van der Waals surface area contributed by atoms with E-state index in [-0.39, 0.29) is 36.1 Å². The zero-order chi connectivity index (χ0) is 39.0. The van der Waals surface area contributed by atoms with Gasteiger partial charge in [0.25, 0.3) is 5.91 Å². The quantitative estimate of drug-likeness (QED) is 0.0659. The van der Waals surface area contributed by atoms with Crippen molar-refractivity contribution in [1.29, 1.82) is 0 Å². The Kier molecular flexibility index (Phi) is 12.1. The van der Waals surface area contributed by atoms with E-state index in [0.29, 0.717) is 29.6 Å². The number of esters is 1. The summed E-state index contributed by atoms with van der Waals surface area (Å²) in [5.74, 6) is -6.15. The van der Waals surface area contributed by atoms with Gasteiger partial charge >= 0.3 is 30.0 Å². The van der Waals surface area contributed by atoms with E-state index >= 15 is 0 Å². The summed E-state index contributed by atoms with van der Waals surface area (Å²) >= 11 is 6.01. The van der Waals surface area contributed by atoms with Gasteiger partial charge in [-0.05, 0) is 73.4 Å². The number of methoxy groups -OCH3 is 1. The van der Waals surface area contributed by atoms with Crippen LogP contribution in [0.4, 0.5) is 45.2 Å². The average Bonchev–Trinajstić information content (AvgIpc) is 3.89. The van der Waals surface area contributed by atoms with E-state index in [1.807, 2.05) is 17.4 Å². The lowest BCUT2D eigenvalue weighted by molar-refractivity contribution is -0.154. The van der Waals surface area contributed by atoms with Gasteiger partial charge in [-0.15, -0.1) is 0 Å². The molecule has 54 heavy (non-hydrogen) atoms. The van der Waals surface area contributed by atoms with E-state index in [9.17, 15) is 41.1 Å². The number of alkyl halides is 3. The third kappa shape index (κ3) is 11.0. The van der Waals surface area contributed by atoms with Gasteiger partial charge in [-0.2, -0.15) is 28.1 Å². The molecule has 0 unspecified atom stereocenters. The number of benzene rings is 3. The van der Waals surface area contributed by atoms with E-state index in [4.69, 9.17) is 21.1 Å². The summed E-state index contributed by atoms with van der Waals surface area (Å²) in [4.78, 5) is 62.0. The van der Waals surface area contributed by atoms with Crippen molar-refractivity contribution in [3.05, 3.63) is 94.5 Å². The third-order valence-corrected chi connectivity index (χ3v) is 7.97. The van der Waals surface area contributed by atoms with Crippen molar-refractivity contribution in [2.45, 2.75) is 37.0 Å². The fourth-order valence-corrected chi connectivity index (χ4v) is 5.09. The van der Waals surface area contributed by atoms with Crippen LogP contribution in [0.3, 0.4) is 0 Å². The number of hydrogen-bond donors (Lipinski definition) is 5. The van der Waals surface area contributed by atoms with Crippen LogP contribution in [0.2, 0.25) is 5.02 Å². The number of nitrogens with one attached hydrogen (secondary N) is 5. The Hall–Kier alpha value is -6.11. The second-order valence-electron chi connectivity index (χ2n) is 11.8. The molecule has 1 fully saturated rings. The van der Waals surface area contributed by atoms with E-state index in [1.165, 1.54) is 24.3 Å². The maximum atomic E-state index is 13.4. The number of nitrogens with zero attached hydrogens (tertiary/aromatic N) is 3. The van der Waals surface area contributed by atoms with Crippen LogP contribution in [0.5, 0.6) is 6.01 Å². The second kappa shape index (κ2) is 16.7. The molecule has 1 aromatic heterocycles. The first-order valence-corrected chi connectivity index (χ1v) is 16.3. The molecule has 3 aromatic carbocycles. The highest BCUT2D eigenvalue weighted by molar-refractivity contribution is 6.39. The monoisotopic (exact) mass is 776 g/mol. The predicted molar refractivity (Wildman–Crippen MR) is 183 cm³/mol. The highest BCUT2D eigenvalue weighted by Gasteiger charge is 2.45. The van der Waals surface area contributed by atoms with Crippen LogP contribution < -0.4 is 31.3 Å². The second-order valence-corrected chi connectivity index (χ2v) is 12.2. The van der Waals surface area contributed by atoms with E-state index in [0.717, 1.165) is 24.8 Å². The fourth-order valence-electron chi connectivity index (χ4n) is 4.96. The Morgan fingerprint density at radius 2 is 1.52 bits per heavy atom. The minimum atomic E-state index is -4.66. The van der Waals surface area contributed by atoms with Crippen molar-refractivity contribution >= 4 is 58.6 Å². The molecule has 3 amide bonds. The normalized spacial score (nSPS) is 13.5. The van der Waals surface area contributed by atoms with E-state index in [1.54, 1.807) is 12.1 Å². The largest absolute Gasteiger partial charge is 0.467 e. The minimum Gasteiger partial charge on any atom is -0.467 e. The molecule has 1 aliphatic rings. The van der Waals surface area contributed by atoms with Crippen LogP contribution in [0.1, 0.15) is 35.2 Å². The van der Waals surface area contributed by atoms with Gasteiger partial charge in [0.1, 0.15) is 17.7 Å². The summed E-state index contributed by atoms with van der Waals surface area (Å²) < 4.78 is 75.1. The molecule has 4 aromatic rings. The summed E-state index contributed by atoms with van der Waals surface area (Å²) in [6.07, 6.45) is -3.49. The van der Waals surface area contributed by atoms with Gasteiger partial charge in [-0.1, -0.05) is 23.7 Å². The summed E-state index contributed by atoms with van der Waals surface area (Å²) in [7, 11) is 1.08. The number of amides is 3. The molecule has 1 atom stereocenters. The van der Waals surface area contributed by atoms with Crippen molar-refractivity contribution in [1.82, 2.24) is 25.6 Å². The number of carbonyl (C=O) groups is 4. The molecular formula is C34H30ClF5N8O6. The number of aromatic nitrogens is 3. The first kappa shape index (κ1) is 39.1. The van der Waals surface area contributed by atoms with E-state index < -0.39 is 65.7 Å². The molecule has 1 saturated carbocycles. The molecule has 20 heteroatoms. The highest BCUT2D eigenvalue weighted by atomic mass is 35.5. The average molecular weight is 777 g/mol. The number of rotatable bonds is 14. The summed E-state index contributed by atoms with van der Waals surface area (Å²) in [5.41, 5.74) is 0.395. The number of anilines is 4. The molecular weight excluding hydrogens is 747 g/mol. The summed E-state index contributed by atoms with van der Waals surface area (Å²) in [6.45, 7) is -1.93. The maximum Gasteiger partial charge on any atom is 0.422 e. The molecule has 0 spiro atoms. The first-order chi connectivity index (χ1) is 25.6. The Bertz CT molecular complexity index is 2000. The summed E-state index contributed by atoms with van der Waals surface area (Å²) in [5, 5.41) is 13.3. The molecule has 0 aliphatic heterocycles. The Labute approximate surface area is 308 Å². The zero-order valence-corrected chi connectivity index (χ0v) is 28.8. The van der Waals surface area contributed by atoms with Gasteiger partial charge in [0, 0.05) is 34.6 Å². The van der Waals surface area contributed by atoms with Gasteiger partial charge in [-0.25, -0.2) is 13.6 Å². The van der Waals surface area contributed by atoms with Gasteiger partial charge in [-0.3, -0.25) is 14.4 Å². The maximum absolute atomic E-state index is 13.4. The van der Waals surface area contributed by atoms with Crippen LogP contribution in [0.25, 0.3) is 0 Å². The van der Waals surface area contributed by atoms with Crippen molar-refractivity contribution in [3.63, 3.8) is 0 Å². The molecule has 5 rings (SSSR count). The Morgan fingerprint density at radius 3 is 2.13 bits per heavy atom. The van der Waals surface area contributed by atoms with E-state index in [2.05, 4.69) is 36.2 Å². The standard InChI is InChI=1S/C34H30ClF5N8O6/c1-53-29(52)25(10-13-41-27(50)28(51)42-24-15-21(36)14-22(37)16-24)44-26(49)18-2-8-23(9-3-18)43-30-45-31(47-32(46-30)54-17-34(38,39)40)48-33(11-12-33)19-4-6-20(35)7-5-19/h2-9,14-16,25H,10-13,17H2,1H3,(H,41,50)(H,42,51)(H,44,49)(H2,43,45,46,47,48)/t25-/m0/s1. The number of ether oxygens (including phenoxy) is 2. The molecule has 0 saturated heterocycles. The highest BCUT2D eigenvalue weighted by Crippen LogP contribution is 2.48. The van der Waals surface area contributed by atoms with Crippen molar-refractivity contribution in [3.8, 4) is 6.01 Å². The molecule has 284 valence electrons.